The highest BCUT2D eigenvalue weighted by Crippen LogP contribution is 2.44. The van der Waals surface area contributed by atoms with Gasteiger partial charge in [0.15, 0.2) is 0 Å². The zero-order valence-corrected chi connectivity index (χ0v) is 9.80. The zero-order valence-electron chi connectivity index (χ0n) is 9.80. The van der Waals surface area contributed by atoms with E-state index in [1.54, 1.807) is 0 Å². The van der Waals surface area contributed by atoms with E-state index in [2.05, 4.69) is 34.3 Å². The molecule has 0 radical (unpaired) electrons. The third-order valence-corrected chi connectivity index (χ3v) is 3.29. The van der Waals surface area contributed by atoms with Crippen LogP contribution in [-0.2, 0) is 0 Å². The quantitative estimate of drug-likeness (QED) is 0.669. The van der Waals surface area contributed by atoms with E-state index < -0.39 is 0 Å². The van der Waals surface area contributed by atoms with Gasteiger partial charge in [-0.25, -0.2) is 0 Å². The molecule has 2 unspecified atom stereocenters. The lowest BCUT2D eigenvalue weighted by Gasteiger charge is -2.39. The van der Waals surface area contributed by atoms with Crippen molar-refractivity contribution in [3.63, 3.8) is 0 Å². The maximum Gasteiger partial charge on any atom is 0.0585 e. The van der Waals surface area contributed by atoms with Crippen molar-refractivity contribution in [3.05, 3.63) is 23.8 Å². The number of allylic oxidation sites excluding steroid dienone is 2. The van der Waals surface area contributed by atoms with Crippen molar-refractivity contribution < 1.29 is 5.11 Å². The van der Waals surface area contributed by atoms with Gasteiger partial charge in [-0.15, -0.1) is 6.58 Å². The zero-order chi connectivity index (χ0) is 10.9. The minimum absolute atomic E-state index is 0.120. The highest BCUT2D eigenvalue weighted by Gasteiger charge is 2.34. The van der Waals surface area contributed by atoms with Crippen molar-refractivity contribution in [3.8, 4) is 0 Å². The van der Waals surface area contributed by atoms with E-state index in [0.717, 1.165) is 12.8 Å². The van der Waals surface area contributed by atoms with Crippen molar-refractivity contribution in [2.24, 2.45) is 11.3 Å². The SMILES string of the molecule is C=CC(C)C1=C(C)CC(O)CC1(C)C. The topological polar surface area (TPSA) is 20.2 Å². The molecule has 0 aliphatic heterocycles. The van der Waals surface area contributed by atoms with E-state index in [0.29, 0.717) is 5.92 Å². The maximum absolute atomic E-state index is 9.73. The average molecular weight is 194 g/mol. The second-order valence-corrected chi connectivity index (χ2v) is 5.16. The summed E-state index contributed by atoms with van der Waals surface area (Å²) >= 11 is 0. The van der Waals surface area contributed by atoms with Crippen LogP contribution in [0.5, 0.6) is 0 Å². The molecule has 0 saturated heterocycles. The molecule has 1 rings (SSSR count). The Balaban J connectivity index is 3.08. The molecule has 0 heterocycles. The van der Waals surface area contributed by atoms with Gasteiger partial charge in [0.05, 0.1) is 6.10 Å². The third-order valence-electron chi connectivity index (χ3n) is 3.29. The van der Waals surface area contributed by atoms with Gasteiger partial charge in [0, 0.05) is 0 Å². The fourth-order valence-corrected chi connectivity index (χ4v) is 2.94. The first kappa shape index (κ1) is 11.5. The van der Waals surface area contributed by atoms with Crippen LogP contribution in [0.3, 0.4) is 0 Å². The molecule has 0 aromatic rings. The summed E-state index contributed by atoms with van der Waals surface area (Å²) in [7, 11) is 0. The number of hydrogen-bond acceptors (Lipinski definition) is 1. The molecule has 0 aromatic carbocycles. The Labute approximate surface area is 87.5 Å². The molecule has 2 atom stereocenters. The van der Waals surface area contributed by atoms with E-state index in [1.165, 1.54) is 11.1 Å². The summed E-state index contributed by atoms with van der Waals surface area (Å²) in [6, 6.07) is 0. The summed E-state index contributed by atoms with van der Waals surface area (Å²) in [6.07, 6.45) is 3.54. The first-order chi connectivity index (χ1) is 6.38. The molecule has 0 bridgehead atoms. The molecule has 1 aliphatic rings. The van der Waals surface area contributed by atoms with Gasteiger partial charge >= 0.3 is 0 Å². The van der Waals surface area contributed by atoms with Gasteiger partial charge in [0.1, 0.15) is 0 Å². The van der Waals surface area contributed by atoms with Crippen molar-refractivity contribution in [2.45, 2.75) is 46.6 Å². The van der Waals surface area contributed by atoms with Gasteiger partial charge in [-0.2, -0.15) is 0 Å². The first-order valence-corrected chi connectivity index (χ1v) is 5.39. The van der Waals surface area contributed by atoms with Crippen LogP contribution >= 0.6 is 0 Å². The van der Waals surface area contributed by atoms with Crippen molar-refractivity contribution in [2.75, 3.05) is 0 Å². The molecule has 0 aromatic heterocycles. The Morgan fingerprint density at radius 1 is 1.57 bits per heavy atom. The molecule has 1 aliphatic carbocycles. The number of aliphatic hydroxyl groups is 1. The molecule has 14 heavy (non-hydrogen) atoms. The van der Waals surface area contributed by atoms with E-state index in [9.17, 15) is 5.11 Å². The van der Waals surface area contributed by atoms with Crippen molar-refractivity contribution in [1.82, 2.24) is 0 Å². The van der Waals surface area contributed by atoms with Crippen LogP contribution in [0.15, 0.2) is 23.8 Å². The Kier molecular flexibility index (Phi) is 3.20. The Hall–Kier alpha value is -0.560. The van der Waals surface area contributed by atoms with Crippen LogP contribution in [0.4, 0.5) is 0 Å². The first-order valence-electron chi connectivity index (χ1n) is 5.39. The molecule has 1 nitrogen and oxygen atoms in total. The molecule has 0 amide bonds. The fraction of sp³-hybridized carbons (Fsp3) is 0.692. The summed E-state index contributed by atoms with van der Waals surface area (Å²) in [5.41, 5.74) is 2.94. The summed E-state index contributed by atoms with van der Waals surface area (Å²) < 4.78 is 0. The molecular weight excluding hydrogens is 172 g/mol. The van der Waals surface area contributed by atoms with Gasteiger partial charge < -0.3 is 5.11 Å². The lowest BCUT2D eigenvalue weighted by Crippen LogP contribution is -2.31. The lowest BCUT2D eigenvalue weighted by molar-refractivity contribution is 0.111. The van der Waals surface area contributed by atoms with Crippen LogP contribution in [0.1, 0.15) is 40.5 Å². The number of aliphatic hydroxyl groups excluding tert-OH is 1. The Morgan fingerprint density at radius 2 is 2.14 bits per heavy atom. The Morgan fingerprint density at radius 3 is 2.57 bits per heavy atom. The number of hydrogen-bond donors (Lipinski definition) is 1. The maximum atomic E-state index is 9.73. The van der Waals surface area contributed by atoms with Crippen LogP contribution in [0, 0.1) is 11.3 Å². The summed E-state index contributed by atoms with van der Waals surface area (Å²) in [5, 5.41) is 9.73. The second-order valence-electron chi connectivity index (χ2n) is 5.16. The van der Waals surface area contributed by atoms with E-state index in [-0.39, 0.29) is 11.5 Å². The van der Waals surface area contributed by atoms with Crippen LogP contribution in [0.25, 0.3) is 0 Å². The van der Waals surface area contributed by atoms with Crippen LogP contribution in [0.2, 0.25) is 0 Å². The van der Waals surface area contributed by atoms with E-state index in [4.69, 9.17) is 0 Å². The van der Waals surface area contributed by atoms with Crippen LogP contribution < -0.4 is 0 Å². The summed E-state index contributed by atoms with van der Waals surface area (Å²) in [5.74, 6) is 0.428. The normalized spacial score (nSPS) is 28.8. The molecule has 80 valence electrons. The van der Waals surface area contributed by atoms with Crippen molar-refractivity contribution in [1.29, 1.82) is 0 Å². The molecule has 0 fully saturated rings. The van der Waals surface area contributed by atoms with Crippen molar-refractivity contribution >= 4 is 0 Å². The fourth-order valence-electron chi connectivity index (χ4n) is 2.94. The molecule has 0 saturated carbocycles. The van der Waals surface area contributed by atoms with E-state index in [1.807, 2.05) is 6.08 Å². The molecule has 1 heteroatoms. The molecule has 0 spiro atoms. The number of rotatable bonds is 2. The van der Waals surface area contributed by atoms with E-state index >= 15 is 0 Å². The minimum atomic E-state index is -0.161. The van der Waals surface area contributed by atoms with Gasteiger partial charge in [-0.3, -0.25) is 0 Å². The van der Waals surface area contributed by atoms with Gasteiger partial charge in [0.25, 0.3) is 0 Å². The largest absolute Gasteiger partial charge is 0.393 e. The van der Waals surface area contributed by atoms with Crippen LogP contribution in [-0.4, -0.2) is 11.2 Å². The Bertz CT molecular complexity index is 260. The monoisotopic (exact) mass is 194 g/mol. The summed E-state index contributed by atoms with van der Waals surface area (Å²) in [6.45, 7) is 12.6. The third kappa shape index (κ3) is 2.09. The predicted molar refractivity (Wildman–Crippen MR) is 61.1 cm³/mol. The lowest BCUT2D eigenvalue weighted by atomic mass is 9.67. The second kappa shape index (κ2) is 3.90. The highest BCUT2D eigenvalue weighted by atomic mass is 16.3. The van der Waals surface area contributed by atoms with Gasteiger partial charge in [-0.05, 0) is 31.1 Å². The molecule has 1 N–H and O–H groups in total. The van der Waals surface area contributed by atoms with Gasteiger partial charge in [0.2, 0.25) is 0 Å². The van der Waals surface area contributed by atoms with Gasteiger partial charge in [-0.1, -0.05) is 38.0 Å². The summed E-state index contributed by atoms with van der Waals surface area (Å²) in [4.78, 5) is 0. The predicted octanol–water partition coefficient (Wildman–Crippen LogP) is 3.31. The molecular formula is C13H22O. The average Bonchev–Trinajstić information content (AvgIpc) is 1.99. The smallest absolute Gasteiger partial charge is 0.0585 e. The standard InChI is InChI=1S/C13H22O/c1-6-9(2)12-10(3)7-11(14)8-13(12,4)5/h6,9,11,14H,1,7-8H2,2-5H3. The minimum Gasteiger partial charge on any atom is -0.393 e. The highest BCUT2D eigenvalue weighted by molar-refractivity contribution is 5.28.